The van der Waals surface area contributed by atoms with E-state index in [1.807, 2.05) is 0 Å². The molecule has 2 N–H and O–H groups in total. The number of carbonyl (C=O) groups excluding carboxylic acids is 4. The maximum Gasteiger partial charge on any atom is 0.478 e. The first-order valence-corrected chi connectivity index (χ1v) is 11.7. The molecule has 2 atom stereocenters. The van der Waals surface area contributed by atoms with Crippen molar-refractivity contribution in [3.63, 3.8) is 0 Å². The van der Waals surface area contributed by atoms with Crippen molar-refractivity contribution in [3.05, 3.63) is 0 Å². The van der Waals surface area contributed by atoms with Crippen molar-refractivity contribution in [2.45, 2.75) is 47.1 Å². The van der Waals surface area contributed by atoms with E-state index >= 15 is 0 Å². The lowest BCUT2D eigenvalue weighted by Crippen LogP contribution is -2.50. The van der Waals surface area contributed by atoms with Gasteiger partial charge in [0.2, 0.25) is 12.7 Å². The molecule has 0 saturated carbocycles. The predicted molar refractivity (Wildman–Crippen MR) is 113 cm³/mol. The first-order valence-electron chi connectivity index (χ1n) is 10.2. The first-order chi connectivity index (χ1) is 15.2. The highest BCUT2D eigenvalue weighted by Crippen LogP contribution is 2.57. The van der Waals surface area contributed by atoms with Crippen molar-refractivity contribution in [1.82, 2.24) is 10.6 Å². The highest BCUT2D eigenvalue weighted by atomic mass is 31.2. The molecule has 1 aliphatic heterocycles. The molecule has 33 heavy (non-hydrogen) atoms. The number of alkyl carbamates (subject to hydrolysis) is 1. The Labute approximate surface area is 192 Å². The number of rotatable bonds is 10. The van der Waals surface area contributed by atoms with E-state index in [-0.39, 0.29) is 32.7 Å². The van der Waals surface area contributed by atoms with Crippen LogP contribution in [-0.4, -0.2) is 70.2 Å². The van der Waals surface area contributed by atoms with E-state index in [0.717, 1.165) is 0 Å². The maximum absolute atomic E-state index is 12.7. The molecule has 2 amide bonds. The third kappa shape index (κ3) is 10.1. The van der Waals surface area contributed by atoms with Gasteiger partial charge in [0, 0.05) is 12.0 Å². The highest BCUT2D eigenvalue weighted by molar-refractivity contribution is 7.48. The smallest absolute Gasteiger partial charge is 0.469 e. The molecule has 1 fully saturated rings. The van der Waals surface area contributed by atoms with E-state index in [0.29, 0.717) is 0 Å². The molecule has 13 nitrogen and oxygen atoms in total. The lowest BCUT2D eigenvalue weighted by atomic mass is 9.87. The van der Waals surface area contributed by atoms with Gasteiger partial charge in [0.25, 0.3) is 0 Å². The van der Waals surface area contributed by atoms with E-state index in [1.54, 1.807) is 34.6 Å². The van der Waals surface area contributed by atoms with Gasteiger partial charge in [-0.1, -0.05) is 13.8 Å². The Balaban J connectivity index is 2.44. The molecule has 0 aromatic carbocycles. The van der Waals surface area contributed by atoms with Crippen molar-refractivity contribution in [2.24, 2.45) is 10.8 Å². The summed E-state index contributed by atoms with van der Waals surface area (Å²) in [7, 11) is -2.98. The summed E-state index contributed by atoms with van der Waals surface area (Å²) in [5, 5.41) is 4.83. The minimum atomic E-state index is -4.21. The van der Waals surface area contributed by atoms with Crippen molar-refractivity contribution in [3.8, 4) is 0 Å². The largest absolute Gasteiger partial charge is 0.478 e. The SMILES string of the molecule is COC(=O)CCNC(=O)[C@@H]1OP(=O)(OCOC(=O)NCCOC(=O)C(C)(C)C)OCC1(C)C. The Morgan fingerprint density at radius 2 is 1.76 bits per heavy atom. The second kappa shape index (κ2) is 12.3. The Morgan fingerprint density at radius 3 is 2.36 bits per heavy atom. The second-order valence-corrected chi connectivity index (χ2v) is 10.4. The van der Waals surface area contributed by atoms with Crippen LogP contribution in [0, 0.1) is 10.8 Å². The van der Waals surface area contributed by atoms with E-state index < -0.39 is 55.5 Å². The van der Waals surface area contributed by atoms with E-state index in [9.17, 15) is 23.7 Å². The number of hydrogen-bond acceptors (Lipinski definition) is 11. The number of carbonyl (C=O) groups is 4. The fourth-order valence-corrected chi connectivity index (χ4v) is 3.79. The third-order valence-electron chi connectivity index (χ3n) is 4.25. The lowest BCUT2D eigenvalue weighted by Gasteiger charge is -2.39. The fourth-order valence-electron chi connectivity index (χ4n) is 2.29. The Morgan fingerprint density at radius 1 is 1.09 bits per heavy atom. The van der Waals surface area contributed by atoms with E-state index in [4.69, 9.17) is 23.0 Å². The van der Waals surface area contributed by atoms with Crippen LogP contribution in [0.2, 0.25) is 0 Å². The zero-order valence-corrected chi connectivity index (χ0v) is 20.7. The fraction of sp³-hybridized carbons (Fsp3) is 0.789. The number of phosphoric ester groups is 1. The van der Waals surface area contributed by atoms with Crippen molar-refractivity contribution < 1.29 is 51.5 Å². The summed E-state index contributed by atoms with van der Waals surface area (Å²) in [5.41, 5.74) is -1.51. The molecule has 190 valence electrons. The van der Waals surface area contributed by atoms with Gasteiger partial charge in [0.15, 0.2) is 6.10 Å². The number of phosphoric acid groups is 1. The summed E-state index contributed by atoms with van der Waals surface area (Å²) in [5.74, 6) is -1.53. The van der Waals surface area contributed by atoms with Crippen LogP contribution in [0.25, 0.3) is 0 Å². The maximum atomic E-state index is 12.7. The number of hydrogen-bond donors (Lipinski definition) is 2. The van der Waals surface area contributed by atoms with Crippen LogP contribution >= 0.6 is 7.82 Å². The molecule has 0 bridgehead atoms. The number of ether oxygens (including phenoxy) is 3. The van der Waals surface area contributed by atoms with Crippen LogP contribution in [0.1, 0.15) is 41.0 Å². The van der Waals surface area contributed by atoms with Crippen LogP contribution in [0.5, 0.6) is 0 Å². The Hall–Kier alpha value is -2.21. The lowest BCUT2D eigenvalue weighted by molar-refractivity contribution is -0.152. The molecule has 1 saturated heterocycles. The highest BCUT2D eigenvalue weighted by Gasteiger charge is 2.49. The minimum Gasteiger partial charge on any atom is -0.469 e. The molecule has 14 heteroatoms. The summed E-state index contributed by atoms with van der Waals surface area (Å²) in [4.78, 5) is 46.9. The van der Waals surface area contributed by atoms with Crippen LogP contribution in [0.3, 0.4) is 0 Å². The molecule has 0 aliphatic carbocycles. The van der Waals surface area contributed by atoms with Crippen LogP contribution in [0.4, 0.5) is 4.79 Å². The summed E-state index contributed by atoms with van der Waals surface area (Å²) >= 11 is 0. The van der Waals surface area contributed by atoms with Crippen molar-refractivity contribution >= 4 is 31.8 Å². The summed E-state index contributed by atoms with van der Waals surface area (Å²) in [6, 6.07) is 0. The molecule has 0 spiro atoms. The number of nitrogens with one attached hydrogen (secondary N) is 2. The van der Waals surface area contributed by atoms with Gasteiger partial charge in [-0.25, -0.2) is 13.9 Å². The molecule has 1 heterocycles. The van der Waals surface area contributed by atoms with Gasteiger partial charge in [-0.2, -0.15) is 0 Å². The molecule has 0 aromatic heterocycles. The average Bonchev–Trinajstić information content (AvgIpc) is 2.72. The van der Waals surface area contributed by atoms with Gasteiger partial charge < -0.3 is 24.8 Å². The normalized spacial score (nSPS) is 22.1. The van der Waals surface area contributed by atoms with Gasteiger partial charge in [0.05, 0.1) is 32.1 Å². The zero-order valence-electron chi connectivity index (χ0n) is 19.8. The number of amides is 2. The first kappa shape index (κ1) is 28.8. The molecular formula is C19H33N2O11P. The number of methoxy groups -OCH3 is 1. The van der Waals surface area contributed by atoms with Crippen molar-refractivity contribution in [1.29, 1.82) is 0 Å². The Bertz CT molecular complexity index is 763. The Kier molecular flexibility index (Phi) is 10.8. The summed E-state index contributed by atoms with van der Waals surface area (Å²) in [6.45, 7) is 7.45. The molecule has 0 radical (unpaired) electrons. The molecule has 0 aromatic rings. The standard InChI is InChI=1S/C19H33N2O11P/c1-18(2,3)16(24)28-10-9-21-17(25)29-12-31-33(26)30-11-19(4,5)14(32-33)15(23)20-8-7-13(22)27-6/h14H,7-12H2,1-6H3,(H,20,23)(H,21,25)/t14-,33?/m0/s1. The van der Waals surface area contributed by atoms with Crippen molar-refractivity contribution in [2.75, 3.05) is 40.2 Å². The van der Waals surface area contributed by atoms with Crippen LogP contribution in [0.15, 0.2) is 0 Å². The molecular weight excluding hydrogens is 463 g/mol. The van der Waals surface area contributed by atoms with E-state index in [1.165, 1.54) is 7.11 Å². The van der Waals surface area contributed by atoms with Gasteiger partial charge in [0.1, 0.15) is 6.61 Å². The minimum absolute atomic E-state index is 0.00179. The summed E-state index contributed by atoms with van der Waals surface area (Å²) in [6.07, 6.45) is -2.16. The predicted octanol–water partition coefficient (Wildman–Crippen LogP) is 1.50. The quantitative estimate of drug-likeness (QED) is 0.148. The molecule has 1 aliphatic rings. The van der Waals surface area contributed by atoms with Gasteiger partial charge >= 0.3 is 25.9 Å². The van der Waals surface area contributed by atoms with Crippen LogP contribution in [-0.2, 0) is 46.7 Å². The molecule has 1 unspecified atom stereocenters. The van der Waals surface area contributed by atoms with Gasteiger partial charge in [-0.15, -0.1) is 0 Å². The number of esters is 2. The monoisotopic (exact) mass is 496 g/mol. The topological polar surface area (TPSA) is 165 Å². The zero-order chi connectivity index (χ0) is 25.3. The molecule has 1 rings (SSSR count). The van der Waals surface area contributed by atoms with E-state index in [2.05, 4.69) is 15.4 Å². The third-order valence-corrected chi connectivity index (χ3v) is 5.59. The van der Waals surface area contributed by atoms with Crippen LogP contribution < -0.4 is 10.6 Å². The van der Waals surface area contributed by atoms with Gasteiger partial charge in [-0.3, -0.25) is 23.4 Å². The summed E-state index contributed by atoms with van der Waals surface area (Å²) < 4.78 is 42.3. The second-order valence-electron chi connectivity index (χ2n) is 8.80. The van der Waals surface area contributed by atoms with Gasteiger partial charge in [-0.05, 0) is 20.8 Å². The average molecular weight is 496 g/mol.